The predicted molar refractivity (Wildman–Crippen MR) is 120 cm³/mol. The number of benzene rings is 2. The zero-order valence-electron chi connectivity index (χ0n) is 16.7. The molecule has 156 valence electrons. The van der Waals surface area contributed by atoms with Crippen molar-refractivity contribution in [3.8, 4) is 17.4 Å². The normalized spacial score (nSPS) is 10.5. The maximum atomic E-state index is 12.5. The van der Waals surface area contributed by atoms with Crippen molar-refractivity contribution in [2.24, 2.45) is 7.05 Å². The van der Waals surface area contributed by atoms with Crippen LogP contribution in [0, 0.1) is 0 Å². The molecule has 0 aliphatic rings. The lowest BCUT2D eigenvalue weighted by Crippen LogP contribution is -2.12. The molecule has 0 aliphatic carbocycles. The second-order valence-corrected chi connectivity index (χ2v) is 7.58. The maximum absolute atomic E-state index is 12.5. The first-order valence-electron chi connectivity index (χ1n) is 9.47. The number of halogens is 1. The lowest BCUT2D eigenvalue weighted by atomic mass is 10.2. The van der Waals surface area contributed by atoms with Crippen LogP contribution in [0.1, 0.15) is 16.2 Å². The minimum absolute atomic E-state index is 0.261. The van der Waals surface area contributed by atoms with Crippen molar-refractivity contribution in [3.63, 3.8) is 0 Å². The van der Waals surface area contributed by atoms with E-state index < -0.39 is 0 Å². The Labute approximate surface area is 187 Å². The number of carbonyl (C=O) groups excluding carboxylic acids is 1. The Morgan fingerprint density at radius 2 is 1.90 bits per heavy atom. The molecule has 2 heterocycles. The third-order valence-electron chi connectivity index (χ3n) is 4.42. The molecule has 0 bridgehead atoms. The average Bonchev–Trinajstić information content (AvgIpc) is 3.18. The summed E-state index contributed by atoms with van der Waals surface area (Å²) in [5.41, 5.74) is 1.08. The monoisotopic (exact) mass is 478 g/mol. The largest absolute Gasteiger partial charge is 0.486 e. The van der Waals surface area contributed by atoms with Crippen LogP contribution in [0.3, 0.4) is 0 Å². The van der Waals surface area contributed by atoms with Crippen LogP contribution in [-0.4, -0.2) is 20.4 Å². The van der Waals surface area contributed by atoms with Gasteiger partial charge in [0.1, 0.15) is 23.9 Å². The Morgan fingerprint density at radius 3 is 2.58 bits per heavy atom. The highest BCUT2D eigenvalue weighted by molar-refractivity contribution is 9.10. The zero-order valence-corrected chi connectivity index (χ0v) is 18.2. The van der Waals surface area contributed by atoms with Crippen LogP contribution in [0.2, 0.25) is 0 Å². The molecular weight excluding hydrogens is 460 g/mol. The number of aryl methyl sites for hydroxylation is 1. The number of hydrogen-bond acceptors (Lipinski definition) is 5. The fourth-order valence-corrected chi connectivity index (χ4v) is 3.13. The molecule has 0 unspecified atom stereocenters. The summed E-state index contributed by atoms with van der Waals surface area (Å²) in [5, 5.41) is 2.84. The van der Waals surface area contributed by atoms with Crippen LogP contribution in [0.15, 0.2) is 83.7 Å². The maximum Gasteiger partial charge on any atom is 0.257 e. The molecule has 31 heavy (non-hydrogen) atoms. The molecular formula is C23H19BrN4O3. The fraction of sp³-hybridized carbons (Fsp3) is 0.0870. The van der Waals surface area contributed by atoms with Crippen molar-refractivity contribution < 1.29 is 14.3 Å². The Bertz CT molecular complexity index is 1170. The van der Waals surface area contributed by atoms with Crippen LogP contribution >= 0.6 is 15.9 Å². The highest BCUT2D eigenvalue weighted by Gasteiger charge is 2.08. The summed E-state index contributed by atoms with van der Waals surface area (Å²) in [6.07, 6.45) is 5.07. The van der Waals surface area contributed by atoms with E-state index in [0.29, 0.717) is 35.2 Å². The molecule has 0 radical (unpaired) electrons. The number of rotatable bonds is 7. The van der Waals surface area contributed by atoms with Gasteiger partial charge in [-0.25, -0.2) is 9.97 Å². The molecule has 4 aromatic rings. The van der Waals surface area contributed by atoms with Crippen molar-refractivity contribution in [2.75, 3.05) is 5.32 Å². The molecule has 0 saturated carbocycles. The highest BCUT2D eigenvalue weighted by atomic mass is 79.9. The fourth-order valence-electron chi connectivity index (χ4n) is 2.75. The molecule has 0 fully saturated rings. The van der Waals surface area contributed by atoms with E-state index in [2.05, 4.69) is 31.2 Å². The number of ether oxygens (including phenoxy) is 2. The molecule has 8 heteroatoms. The van der Waals surface area contributed by atoms with Gasteiger partial charge in [-0.3, -0.25) is 4.79 Å². The summed E-state index contributed by atoms with van der Waals surface area (Å²) in [4.78, 5) is 20.9. The zero-order chi connectivity index (χ0) is 21.6. The van der Waals surface area contributed by atoms with E-state index in [1.165, 1.54) is 6.20 Å². The number of amides is 1. The first kappa shape index (κ1) is 20.6. The van der Waals surface area contributed by atoms with Crippen LogP contribution in [0.25, 0.3) is 0 Å². The van der Waals surface area contributed by atoms with Crippen molar-refractivity contribution in [1.29, 1.82) is 0 Å². The number of hydrogen-bond donors (Lipinski definition) is 1. The van der Waals surface area contributed by atoms with E-state index in [0.717, 1.165) is 10.3 Å². The van der Waals surface area contributed by atoms with Crippen molar-refractivity contribution in [3.05, 3.63) is 95.1 Å². The molecule has 0 atom stereocenters. The van der Waals surface area contributed by atoms with Gasteiger partial charge in [-0.2, -0.15) is 0 Å². The van der Waals surface area contributed by atoms with Crippen LogP contribution in [0.4, 0.5) is 5.69 Å². The SMILES string of the molecule is Cn1ccnc1COc1ccc(NC(=O)c2ccc(Oc3cccc(Br)c3)nc2)cc1. The summed E-state index contributed by atoms with van der Waals surface area (Å²) in [7, 11) is 1.92. The number of nitrogens with one attached hydrogen (secondary N) is 1. The lowest BCUT2D eigenvalue weighted by molar-refractivity contribution is 0.102. The standard InChI is InChI=1S/C23H19BrN4O3/c1-28-12-11-25-21(28)15-30-19-8-6-18(7-9-19)27-23(29)16-5-10-22(26-14-16)31-20-4-2-3-17(24)13-20/h2-14H,15H2,1H3,(H,27,29). The molecule has 4 rings (SSSR count). The topological polar surface area (TPSA) is 78.3 Å². The molecule has 2 aromatic carbocycles. The Morgan fingerprint density at radius 1 is 1.06 bits per heavy atom. The second-order valence-electron chi connectivity index (χ2n) is 6.67. The van der Waals surface area contributed by atoms with E-state index in [-0.39, 0.29) is 5.91 Å². The number of pyridine rings is 1. The van der Waals surface area contributed by atoms with Gasteiger partial charge in [0.15, 0.2) is 0 Å². The second kappa shape index (κ2) is 9.44. The molecule has 7 nitrogen and oxygen atoms in total. The Hall–Kier alpha value is -3.65. The van der Waals surface area contributed by atoms with Gasteiger partial charge in [-0.15, -0.1) is 0 Å². The lowest BCUT2D eigenvalue weighted by Gasteiger charge is -2.09. The molecule has 1 N–H and O–H groups in total. The van der Waals surface area contributed by atoms with Gasteiger partial charge in [0.25, 0.3) is 5.91 Å². The van der Waals surface area contributed by atoms with Gasteiger partial charge in [0.05, 0.1) is 5.56 Å². The van der Waals surface area contributed by atoms with Crippen molar-refractivity contribution in [2.45, 2.75) is 6.61 Å². The summed E-state index contributed by atoms with van der Waals surface area (Å²) >= 11 is 3.40. The molecule has 0 saturated heterocycles. The van der Waals surface area contributed by atoms with E-state index >= 15 is 0 Å². The van der Waals surface area contributed by atoms with Gasteiger partial charge in [0.2, 0.25) is 5.88 Å². The number of aromatic nitrogens is 3. The molecule has 0 aliphatic heterocycles. The number of anilines is 1. The van der Waals surface area contributed by atoms with Gasteiger partial charge in [0, 0.05) is 41.9 Å². The third-order valence-corrected chi connectivity index (χ3v) is 4.91. The van der Waals surface area contributed by atoms with Gasteiger partial charge < -0.3 is 19.4 Å². The van der Waals surface area contributed by atoms with Crippen LogP contribution < -0.4 is 14.8 Å². The molecule has 1 amide bonds. The van der Waals surface area contributed by atoms with Gasteiger partial charge in [-0.1, -0.05) is 22.0 Å². The summed E-state index contributed by atoms with van der Waals surface area (Å²) in [6, 6.07) is 17.9. The van der Waals surface area contributed by atoms with E-state index in [1.54, 1.807) is 42.6 Å². The Kier molecular flexibility index (Phi) is 6.28. The van der Waals surface area contributed by atoms with Crippen LogP contribution in [-0.2, 0) is 13.7 Å². The third kappa shape index (κ3) is 5.49. The first-order chi connectivity index (χ1) is 15.1. The molecule has 2 aromatic heterocycles. The first-order valence-corrected chi connectivity index (χ1v) is 10.3. The number of imidazole rings is 1. The summed E-state index contributed by atoms with van der Waals surface area (Å²) < 4.78 is 14.2. The average molecular weight is 479 g/mol. The quantitative estimate of drug-likeness (QED) is 0.394. The summed E-state index contributed by atoms with van der Waals surface area (Å²) in [5.74, 6) is 2.32. The summed E-state index contributed by atoms with van der Waals surface area (Å²) in [6.45, 7) is 0.370. The smallest absolute Gasteiger partial charge is 0.257 e. The number of carbonyl (C=O) groups is 1. The van der Waals surface area contributed by atoms with Crippen LogP contribution in [0.5, 0.6) is 17.4 Å². The van der Waals surface area contributed by atoms with E-state index in [9.17, 15) is 4.79 Å². The van der Waals surface area contributed by atoms with Gasteiger partial charge >= 0.3 is 0 Å². The minimum Gasteiger partial charge on any atom is -0.486 e. The Balaban J connectivity index is 1.33. The number of nitrogens with zero attached hydrogens (tertiary/aromatic N) is 3. The minimum atomic E-state index is -0.261. The predicted octanol–water partition coefficient (Wildman–Crippen LogP) is 5.20. The van der Waals surface area contributed by atoms with E-state index in [4.69, 9.17) is 9.47 Å². The van der Waals surface area contributed by atoms with Crippen molar-refractivity contribution in [1.82, 2.24) is 14.5 Å². The van der Waals surface area contributed by atoms with E-state index in [1.807, 2.05) is 42.1 Å². The van der Waals surface area contributed by atoms with Crippen molar-refractivity contribution >= 4 is 27.5 Å². The molecule has 0 spiro atoms. The van der Waals surface area contributed by atoms with Gasteiger partial charge in [-0.05, 0) is 48.5 Å². The highest BCUT2D eigenvalue weighted by Crippen LogP contribution is 2.23.